The van der Waals surface area contributed by atoms with Crippen LogP contribution in [0.15, 0.2) is 36.3 Å². The molecule has 1 aliphatic heterocycles. The average Bonchev–Trinajstić information content (AvgIpc) is 2.80. The fourth-order valence-electron chi connectivity index (χ4n) is 4.03. The minimum Gasteiger partial charge on any atom is -0.372 e. The molecule has 0 saturated heterocycles. The molecule has 1 aromatic carbocycles. The predicted molar refractivity (Wildman–Crippen MR) is 132 cm³/mol. The SMILES string of the molecule is CCCCCCCCCCCCCCCC(=O)Nc1ccc(N2C=C(F)C(O)NC2O)cc1. The first-order chi connectivity index (χ1) is 16.0. The van der Waals surface area contributed by atoms with Crippen LogP contribution in [0.4, 0.5) is 15.8 Å². The molecule has 1 aliphatic rings. The van der Waals surface area contributed by atoms with E-state index in [2.05, 4.69) is 17.6 Å². The lowest BCUT2D eigenvalue weighted by molar-refractivity contribution is -0.116. The maximum absolute atomic E-state index is 13.6. The highest BCUT2D eigenvalue weighted by Gasteiger charge is 2.26. The van der Waals surface area contributed by atoms with E-state index in [9.17, 15) is 19.4 Å². The molecule has 0 bridgehead atoms. The monoisotopic (exact) mass is 463 g/mol. The van der Waals surface area contributed by atoms with E-state index in [4.69, 9.17) is 0 Å². The van der Waals surface area contributed by atoms with Crippen LogP contribution in [0, 0.1) is 0 Å². The van der Waals surface area contributed by atoms with Gasteiger partial charge in [-0.3, -0.25) is 4.79 Å². The molecule has 33 heavy (non-hydrogen) atoms. The van der Waals surface area contributed by atoms with Crippen molar-refractivity contribution in [2.45, 2.75) is 109 Å². The highest BCUT2D eigenvalue weighted by molar-refractivity contribution is 5.90. The summed E-state index contributed by atoms with van der Waals surface area (Å²) >= 11 is 0. The van der Waals surface area contributed by atoms with Crippen molar-refractivity contribution in [3.8, 4) is 0 Å². The van der Waals surface area contributed by atoms with E-state index in [-0.39, 0.29) is 5.91 Å². The van der Waals surface area contributed by atoms with Crippen LogP contribution in [0.25, 0.3) is 0 Å². The predicted octanol–water partition coefficient (Wildman–Crippen LogP) is 5.92. The minimum atomic E-state index is -1.51. The summed E-state index contributed by atoms with van der Waals surface area (Å²) in [5.74, 6) is -0.796. The van der Waals surface area contributed by atoms with Gasteiger partial charge in [0, 0.05) is 24.0 Å². The molecule has 0 fully saturated rings. The summed E-state index contributed by atoms with van der Waals surface area (Å²) in [5, 5.41) is 24.5. The molecule has 186 valence electrons. The number of anilines is 2. The molecule has 1 heterocycles. The van der Waals surface area contributed by atoms with E-state index in [1.54, 1.807) is 24.3 Å². The van der Waals surface area contributed by atoms with Gasteiger partial charge in [0.2, 0.25) is 5.91 Å². The van der Waals surface area contributed by atoms with Gasteiger partial charge in [-0.25, -0.2) is 9.71 Å². The van der Waals surface area contributed by atoms with E-state index < -0.39 is 18.4 Å². The number of rotatable bonds is 16. The molecular formula is C26H42FN3O3. The Labute approximate surface area is 198 Å². The fourth-order valence-corrected chi connectivity index (χ4v) is 4.03. The Morgan fingerprint density at radius 2 is 1.42 bits per heavy atom. The molecule has 2 atom stereocenters. The third kappa shape index (κ3) is 10.7. The lowest BCUT2D eigenvalue weighted by Crippen LogP contribution is -2.52. The highest BCUT2D eigenvalue weighted by Crippen LogP contribution is 2.24. The van der Waals surface area contributed by atoms with Crippen LogP contribution in [0.1, 0.15) is 96.8 Å². The van der Waals surface area contributed by atoms with Crippen molar-refractivity contribution in [3.63, 3.8) is 0 Å². The first-order valence-corrected chi connectivity index (χ1v) is 12.7. The molecule has 2 unspecified atom stereocenters. The Morgan fingerprint density at radius 3 is 1.97 bits per heavy atom. The maximum Gasteiger partial charge on any atom is 0.224 e. The molecular weight excluding hydrogens is 421 g/mol. The fraction of sp³-hybridized carbons (Fsp3) is 0.654. The molecule has 7 heteroatoms. The van der Waals surface area contributed by atoms with E-state index in [1.807, 2.05) is 0 Å². The molecule has 0 aliphatic carbocycles. The Balaban J connectivity index is 1.53. The van der Waals surface area contributed by atoms with Gasteiger partial charge in [-0.1, -0.05) is 84.0 Å². The summed E-state index contributed by atoms with van der Waals surface area (Å²) < 4.78 is 13.6. The second-order valence-corrected chi connectivity index (χ2v) is 8.95. The minimum absolute atomic E-state index is 0.0143. The zero-order valence-corrected chi connectivity index (χ0v) is 20.1. The third-order valence-corrected chi connectivity index (χ3v) is 6.05. The number of benzene rings is 1. The number of hydrogen-bond donors (Lipinski definition) is 4. The molecule has 4 N–H and O–H groups in total. The lowest BCUT2D eigenvalue weighted by Gasteiger charge is -2.33. The summed E-state index contributed by atoms with van der Waals surface area (Å²) in [5.41, 5.74) is 1.19. The smallest absolute Gasteiger partial charge is 0.224 e. The summed E-state index contributed by atoms with van der Waals surface area (Å²) in [7, 11) is 0. The largest absolute Gasteiger partial charge is 0.372 e. The van der Waals surface area contributed by atoms with Gasteiger partial charge in [0.15, 0.2) is 18.4 Å². The quantitative estimate of drug-likeness (QED) is 0.229. The Morgan fingerprint density at radius 1 is 0.909 bits per heavy atom. The van der Waals surface area contributed by atoms with Gasteiger partial charge in [-0.2, -0.15) is 0 Å². The van der Waals surface area contributed by atoms with Crippen LogP contribution in [-0.2, 0) is 4.79 Å². The van der Waals surface area contributed by atoms with Crippen molar-refractivity contribution in [3.05, 3.63) is 36.3 Å². The van der Waals surface area contributed by atoms with Crippen molar-refractivity contribution in [2.24, 2.45) is 0 Å². The number of nitrogens with zero attached hydrogens (tertiary/aromatic N) is 1. The second kappa shape index (κ2) is 15.8. The van der Waals surface area contributed by atoms with Gasteiger partial charge in [0.25, 0.3) is 0 Å². The van der Waals surface area contributed by atoms with Crippen molar-refractivity contribution in [1.29, 1.82) is 0 Å². The normalized spacial score (nSPS) is 18.3. The van der Waals surface area contributed by atoms with Crippen LogP contribution < -0.4 is 15.5 Å². The number of nitrogens with one attached hydrogen (secondary N) is 2. The highest BCUT2D eigenvalue weighted by atomic mass is 19.1. The summed E-state index contributed by atoms with van der Waals surface area (Å²) in [6.07, 6.45) is 15.4. The summed E-state index contributed by atoms with van der Waals surface area (Å²) in [6, 6.07) is 6.77. The van der Waals surface area contributed by atoms with Crippen LogP contribution in [0.3, 0.4) is 0 Å². The third-order valence-electron chi connectivity index (χ3n) is 6.05. The number of unbranched alkanes of at least 4 members (excludes halogenated alkanes) is 12. The molecule has 0 radical (unpaired) electrons. The Kier molecular flexibility index (Phi) is 13.1. The van der Waals surface area contributed by atoms with Crippen molar-refractivity contribution >= 4 is 17.3 Å². The summed E-state index contributed by atoms with van der Waals surface area (Å²) in [4.78, 5) is 13.4. The van der Waals surface area contributed by atoms with Gasteiger partial charge in [-0.05, 0) is 30.7 Å². The number of carbonyl (C=O) groups excluding carboxylic acids is 1. The first kappa shape index (κ1) is 27.3. The van der Waals surface area contributed by atoms with Gasteiger partial charge >= 0.3 is 0 Å². The van der Waals surface area contributed by atoms with Crippen molar-refractivity contribution in [2.75, 3.05) is 10.2 Å². The number of hydrogen-bond acceptors (Lipinski definition) is 5. The maximum atomic E-state index is 13.6. The number of amides is 1. The average molecular weight is 464 g/mol. The van der Waals surface area contributed by atoms with Gasteiger partial charge in [0.05, 0.1) is 0 Å². The lowest BCUT2D eigenvalue weighted by atomic mass is 10.0. The molecule has 0 saturated carbocycles. The molecule has 0 aromatic heterocycles. The van der Waals surface area contributed by atoms with E-state index in [1.165, 1.54) is 75.5 Å². The van der Waals surface area contributed by atoms with Gasteiger partial charge in [-0.15, -0.1) is 0 Å². The number of halogens is 1. The van der Waals surface area contributed by atoms with Crippen LogP contribution >= 0.6 is 0 Å². The van der Waals surface area contributed by atoms with Gasteiger partial charge in [0.1, 0.15) is 0 Å². The van der Waals surface area contributed by atoms with E-state index in [0.29, 0.717) is 17.8 Å². The number of carbonyl (C=O) groups is 1. The van der Waals surface area contributed by atoms with E-state index >= 15 is 0 Å². The Bertz CT molecular complexity index is 711. The van der Waals surface area contributed by atoms with Crippen LogP contribution in [0.2, 0.25) is 0 Å². The van der Waals surface area contributed by atoms with Crippen molar-refractivity contribution < 1.29 is 19.4 Å². The first-order valence-electron chi connectivity index (χ1n) is 12.7. The molecule has 1 aromatic rings. The zero-order chi connectivity index (χ0) is 23.9. The molecule has 1 amide bonds. The number of aliphatic hydroxyl groups is 2. The number of aliphatic hydroxyl groups excluding tert-OH is 2. The van der Waals surface area contributed by atoms with Crippen LogP contribution in [0.5, 0.6) is 0 Å². The molecule has 6 nitrogen and oxygen atoms in total. The Hall–Kier alpha value is -1.96. The van der Waals surface area contributed by atoms with E-state index in [0.717, 1.165) is 19.0 Å². The zero-order valence-electron chi connectivity index (χ0n) is 20.1. The summed E-state index contributed by atoms with van der Waals surface area (Å²) in [6.45, 7) is 2.25. The molecule has 0 spiro atoms. The van der Waals surface area contributed by atoms with Crippen LogP contribution in [-0.4, -0.2) is 28.7 Å². The standard InChI is InChI=1S/C26H42FN3O3/c1-2-3-4-5-6-7-8-9-10-11-12-13-14-15-24(31)28-21-16-18-22(19-17-21)30-20-23(27)25(32)29-26(30)33/h16-20,25-26,29,32-33H,2-15H2,1H3,(H,28,31). The second-order valence-electron chi connectivity index (χ2n) is 8.95. The van der Waals surface area contributed by atoms with Crippen molar-refractivity contribution in [1.82, 2.24) is 5.32 Å². The van der Waals surface area contributed by atoms with Gasteiger partial charge < -0.3 is 20.4 Å². The molecule has 2 rings (SSSR count). The topological polar surface area (TPSA) is 84.8 Å².